The third-order valence-corrected chi connectivity index (χ3v) is 7.64. The minimum atomic E-state index is -1.55. The lowest BCUT2D eigenvalue weighted by atomic mass is 9.92. The van der Waals surface area contributed by atoms with Crippen molar-refractivity contribution in [2.75, 3.05) is 52.9 Å². The highest BCUT2D eigenvalue weighted by Crippen LogP contribution is 2.26. The van der Waals surface area contributed by atoms with E-state index in [1.54, 1.807) is 97.1 Å². The van der Waals surface area contributed by atoms with Crippen molar-refractivity contribution in [1.29, 1.82) is 0 Å². The Morgan fingerprint density at radius 3 is 0.717 bits per heavy atom. The zero-order valence-corrected chi connectivity index (χ0v) is 30.3. The van der Waals surface area contributed by atoms with Gasteiger partial charge in [0.15, 0.2) is 0 Å². The molecule has 12 nitrogen and oxygen atoms in total. The molecule has 4 aromatic carbocycles. The van der Waals surface area contributed by atoms with Crippen LogP contribution in [0.1, 0.15) is 69.1 Å². The Balaban J connectivity index is 1.61. The average molecular weight is 729 g/mol. The van der Waals surface area contributed by atoms with Gasteiger partial charge in [-0.25, -0.2) is 19.2 Å². The minimum Gasteiger partial charge on any atom is -0.494 e. The standard InChI is InChI=1S/C41H44O12/c1-5-46-33-17-9-29(10-18-33)37(42)50-25-41(26-51-38(43)30-11-19-34(20-12-30)47-6-2,27-52-39(44)31-13-21-35(22-14-31)48-7-3)28-53-40(45)32-15-23-36(24-16-32)49-8-4/h9-24H,5-8,25-28H2,1-4H3. The van der Waals surface area contributed by atoms with Crippen LogP contribution >= 0.6 is 0 Å². The van der Waals surface area contributed by atoms with Crippen LogP contribution in [0.15, 0.2) is 97.1 Å². The van der Waals surface area contributed by atoms with Crippen LogP contribution in [0.3, 0.4) is 0 Å². The van der Waals surface area contributed by atoms with E-state index in [0.29, 0.717) is 49.4 Å². The number of ether oxygens (including phenoxy) is 8. The molecule has 0 N–H and O–H groups in total. The van der Waals surface area contributed by atoms with E-state index in [9.17, 15) is 19.2 Å². The fourth-order valence-corrected chi connectivity index (χ4v) is 4.87. The SMILES string of the molecule is CCOc1ccc(C(=O)OCC(COC(=O)c2ccc(OCC)cc2)(COC(=O)c2ccc(OCC)cc2)COC(=O)c2ccc(OCC)cc2)cc1. The summed E-state index contributed by atoms with van der Waals surface area (Å²) in [6.45, 7) is 7.30. The summed E-state index contributed by atoms with van der Waals surface area (Å²) in [6.07, 6.45) is 0. The molecule has 0 bridgehead atoms. The van der Waals surface area contributed by atoms with Crippen LogP contribution < -0.4 is 18.9 Å². The highest BCUT2D eigenvalue weighted by atomic mass is 16.6. The van der Waals surface area contributed by atoms with Crippen molar-refractivity contribution >= 4 is 23.9 Å². The van der Waals surface area contributed by atoms with Crippen LogP contribution in [-0.2, 0) is 18.9 Å². The summed E-state index contributed by atoms with van der Waals surface area (Å²) in [5.74, 6) is -0.582. The molecule has 0 amide bonds. The van der Waals surface area contributed by atoms with E-state index in [2.05, 4.69) is 0 Å². The normalized spacial score (nSPS) is 10.8. The first-order valence-electron chi connectivity index (χ1n) is 17.3. The van der Waals surface area contributed by atoms with E-state index in [0.717, 1.165) is 0 Å². The Labute approximate surface area is 308 Å². The predicted molar refractivity (Wildman–Crippen MR) is 194 cm³/mol. The van der Waals surface area contributed by atoms with Crippen molar-refractivity contribution in [3.05, 3.63) is 119 Å². The van der Waals surface area contributed by atoms with Crippen LogP contribution in [0.4, 0.5) is 0 Å². The van der Waals surface area contributed by atoms with Gasteiger partial charge in [-0.3, -0.25) is 0 Å². The minimum absolute atomic E-state index is 0.214. The fourth-order valence-electron chi connectivity index (χ4n) is 4.87. The number of carbonyl (C=O) groups excluding carboxylic acids is 4. The summed E-state index contributed by atoms with van der Waals surface area (Å²) in [5.41, 5.74) is -0.694. The van der Waals surface area contributed by atoms with Crippen molar-refractivity contribution in [3.63, 3.8) is 0 Å². The van der Waals surface area contributed by atoms with Gasteiger partial charge in [-0.05, 0) is 125 Å². The van der Waals surface area contributed by atoms with E-state index in [1.807, 2.05) is 27.7 Å². The molecule has 0 radical (unpaired) electrons. The Bertz CT molecular complexity index is 1500. The number of hydrogen-bond donors (Lipinski definition) is 0. The number of benzene rings is 4. The van der Waals surface area contributed by atoms with Gasteiger partial charge < -0.3 is 37.9 Å². The Hall–Kier alpha value is -6.04. The first-order valence-corrected chi connectivity index (χ1v) is 17.3. The smallest absolute Gasteiger partial charge is 0.338 e. The zero-order chi connectivity index (χ0) is 38.1. The van der Waals surface area contributed by atoms with Gasteiger partial charge in [0.2, 0.25) is 0 Å². The van der Waals surface area contributed by atoms with Gasteiger partial charge in [0.05, 0.1) is 48.7 Å². The van der Waals surface area contributed by atoms with Crippen LogP contribution in [0.5, 0.6) is 23.0 Å². The first-order chi connectivity index (χ1) is 25.7. The highest BCUT2D eigenvalue weighted by molar-refractivity contribution is 5.91. The van der Waals surface area contributed by atoms with E-state index < -0.39 is 55.7 Å². The molecule has 0 saturated carbocycles. The van der Waals surface area contributed by atoms with Gasteiger partial charge in [-0.2, -0.15) is 0 Å². The monoisotopic (exact) mass is 728 g/mol. The molecule has 0 aliphatic rings. The maximum Gasteiger partial charge on any atom is 0.338 e. The van der Waals surface area contributed by atoms with Crippen molar-refractivity contribution in [2.24, 2.45) is 5.41 Å². The van der Waals surface area contributed by atoms with Crippen molar-refractivity contribution in [2.45, 2.75) is 27.7 Å². The molecule has 0 saturated heterocycles. The van der Waals surface area contributed by atoms with Crippen LogP contribution in [0.2, 0.25) is 0 Å². The number of rotatable bonds is 20. The second kappa shape index (κ2) is 20.1. The molecule has 0 aromatic heterocycles. The molecule has 0 fully saturated rings. The lowest BCUT2D eigenvalue weighted by Gasteiger charge is -2.31. The fraction of sp³-hybridized carbons (Fsp3) is 0.317. The van der Waals surface area contributed by atoms with E-state index in [1.165, 1.54) is 0 Å². The quantitative estimate of drug-likeness (QED) is 0.0684. The summed E-state index contributed by atoms with van der Waals surface area (Å²) < 4.78 is 44.8. The summed E-state index contributed by atoms with van der Waals surface area (Å²) in [4.78, 5) is 53.1. The maximum atomic E-state index is 13.3. The number of hydrogen-bond acceptors (Lipinski definition) is 12. The summed E-state index contributed by atoms with van der Waals surface area (Å²) in [5, 5.41) is 0. The topological polar surface area (TPSA) is 142 Å². The van der Waals surface area contributed by atoms with Crippen LogP contribution in [-0.4, -0.2) is 76.7 Å². The second-order valence-electron chi connectivity index (χ2n) is 11.6. The second-order valence-corrected chi connectivity index (χ2v) is 11.6. The van der Waals surface area contributed by atoms with Gasteiger partial charge in [-0.15, -0.1) is 0 Å². The molecular formula is C41H44O12. The van der Waals surface area contributed by atoms with Gasteiger partial charge in [0.25, 0.3) is 0 Å². The van der Waals surface area contributed by atoms with Crippen molar-refractivity contribution in [1.82, 2.24) is 0 Å². The van der Waals surface area contributed by atoms with Gasteiger partial charge >= 0.3 is 23.9 Å². The van der Waals surface area contributed by atoms with Gasteiger partial charge in [0.1, 0.15) is 54.8 Å². The molecule has 280 valence electrons. The molecular weight excluding hydrogens is 684 g/mol. The average Bonchev–Trinajstić information content (AvgIpc) is 3.18. The molecule has 4 aromatic rings. The molecule has 0 aliphatic carbocycles. The Morgan fingerprint density at radius 2 is 0.547 bits per heavy atom. The van der Waals surface area contributed by atoms with Crippen molar-refractivity contribution in [3.8, 4) is 23.0 Å². The van der Waals surface area contributed by atoms with E-state index >= 15 is 0 Å². The third-order valence-electron chi connectivity index (χ3n) is 7.64. The maximum absolute atomic E-state index is 13.3. The first kappa shape index (κ1) is 39.7. The zero-order valence-electron chi connectivity index (χ0n) is 30.3. The lowest BCUT2D eigenvalue weighted by molar-refractivity contribution is -0.0641. The molecule has 4 rings (SSSR count). The summed E-state index contributed by atoms with van der Waals surface area (Å²) in [7, 11) is 0. The largest absolute Gasteiger partial charge is 0.494 e. The molecule has 0 heterocycles. The lowest BCUT2D eigenvalue weighted by Crippen LogP contribution is -2.44. The molecule has 12 heteroatoms. The summed E-state index contributed by atoms with van der Waals surface area (Å²) in [6, 6.07) is 25.3. The predicted octanol–water partition coefficient (Wildman–Crippen LogP) is 7.00. The third kappa shape index (κ3) is 12.0. The van der Waals surface area contributed by atoms with E-state index in [4.69, 9.17) is 37.9 Å². The molecule has 0 aliphatic heterocycles. The number of carbonyl (C=O) groups is 4. The summed E-state index contributed by atoms with van der Waals surface area (Å²) >= 11 is 0. The number of esters is 4. The van der Waals surface area contributed by atoms with Gasteiger partial charge in [-0.1, -0.05) is 0 Å². The Morgan fingerprint density at radius 1 is 0.358 bits per heavy atom. The molecule has 0 atom stereocenters. The molecule has 53 heavy (non-hydrogen) atoms. The van der Waals surface area contributed by atoms with Gasteiger partial charge in [0, 0.05) is 0 Å². The van der Waals surface area contributed by atoms with E-state index in [-0.39, 0.29) is 22.3 Å². The Kier molecular flexibility index (Phi) is 15.1. The van der Waals surface area contributed by atoms with Crippen molar-refractivity contribution < 1.29 is 57.1 Å². The molecule has 0 unspecified atom stereocenters. The van der Waals surface area contributed by atoms with Crippen LogP contribution in [0, 0.1) is 5.41 Å². The van der Waals surface area contributed by atoms with Crippen LogP contribution in [0.25, 0.3) is 0 Å². The molecule has 0 spiro atoms. The highest BCUT2D eigenvalue weighted by Gasteiger charge is 2.38.